The molecule has 0 spiro atoms. The average Bonchev–Trinajstić information content (AvgIpc) is 2.62. The molecular formula is C10H19N3O2S. The number of nitrogens with one attached hydrogen (secondary N) is 2. The van der Waals surface area contributed by atoms with Gasteiger partial charge in [-0.2, -0.15) is 11.8 Å². The molecule has 6 heteroatoms. The fraction of sp³-hybridized carbons (Fsp3) is 0.800. The minimum Gasteiger partial charge on any atom is -0.351 e. The smallest absolute Gasteiger partial charge is 0.318 e. The highest BCUT2D eigenvalue weighted by Crippen LogP contribution is 2.29. The highest BCUT2D eigenvalue weighted by Gasteiger charge is 2.24. The molecule has 1 fully saturated rings. The molecule has 5 nitrogen and oxygen atoms in total. The Bertz CT molecular complexity index is 260. The monoisotopic (exact) mass is 245 g/mol. The summed E-state index contributed by atoms with van der Waals surface area (Å²) in [5.74, 6) is 0.776. The first kappa shape index (κ1) is 13.3. The number of hydrogen-bond acceptors (Lipinski definition) is 4. The van der Waals surface area contributed by atoms with Crippen LogP contribution < -0.4 is 16.4 Å². The van der Waals surface area contributed by atoms with Gasteiger partial charge < -0.3 is 11.1 Å². The summed E-state index contributed by atoms with van der Waals surface area (Å²) in [5, 5.41) is 5.89. The van der Waals surface area contributed by atoms with Gasteiger partial charge in [-0.15, -0.1) is 0 Å². The average molecular weight is 245 g/mol. The highest BCUT2D eigenvalue weighted by atomic mass is 32.2. The number of primary amides is 1. The van der Waals surface area contributed by atoms with Crippen LogP contribution in [0, 0.1) is 0 Å². The molecule has 1 aliphatic rings. The number of imide groups is 1. The minimum atomic E-state index is -0.794. The Labute approximate surface area is 99.9 Å². The van der Waals surface area contributed by atoms with Crippen molar-refractivity contribution in [1.82, 2.24) is 10.6 Å². The van der Waals surface area contributed by atoms with E-state index in [0.717, 1.165) is 18.6 Å². The van der Waals surface area contributed by atoms with E-state index in [4.69, 9.17) is 5.73 Å². The molecule has 1 rings (SSSR count). The predicted octanol–water partition coefficient (Wildman–Crippen LogP) is 0.445. The Balaban J connectivity index is 2.15. The molecule has 0 radical (unpaired) electrons. The van der Waals surface area contributed by atoms with E-state index in [9.17, 15) is 9.59 Å². The molecule has 0 heterocycles. The lowest BCUT2D eigenvalue weighted by molar-refractivity contribution is -0.119. The largest absolute Gasteiger partial charge is 0.351 e. The zero-order valence-electron chi connectivity index (χ0n) is 9.49. The summed E-state index contributed by atoms with van der Waals surface area (Å²) in [4.78, 5) is 21.5. The van der Waals surface area contributed by atoms with Crippen molar-refractivity contribution < 1.29 is 9.59 Å². The number of nitrogens with two attached hydrogens (primary N) is 1. The van der Waals surface area contributed by atoms with Crippen molar-refractivity contribution in [3.05, 3.63) is 0 Å². The van der Waals surface area contributed by atoms with Gasteiger partial charge in [-0.3, -0.25) is 10.1 Å². The van der Waals surface area contributed by atoms with E-state index in [1.165, 1.54) is 6.42 Å². The standard InChI is InChI=1S/C10H19N3O2S/c1-2-16-8-4-3-7(5-8)12-6-9(14)13-10(11)15/h7-8,12H,2-6H2,1H3,(H3,11,13,14,15). The number of carbonyl (C=O) groups is 2. The quantitative estimate of drug-likeness (QED) is 0.656. The van der Waals surface area contributed by atoms with Crippen LogP contribution >= 0.6 is 11.8 Å². The van der Waals surface area contributed by atoms with Gasteiger partial charge in [-0.1, -0.05) is 6.92 Å². The molecule has 3 amide bonds. The van der Waals surface area contributed by atoms with Gasteiger partial charge in [0.15, 0.2) is 0 Å². The van der Waals surface area contributed by atoms with Crippen LogP contribution in [0.25, 0.3) is 0 Å². The van der Waals surface area contributed by atoms with Crippen LogP contribution in [0.2, 0.25) is 0 Å². The summed E-state index contributed by atoms with van der Waals surface area (Å²) in [6.07, 6.45) is 3.40. The Morgan fingerprint density at radius 3 is 2.81 bits per heavy atom. The molecule has 0 bridgehead atoms. The van der Waals surface area contributed by atoms with Crippen LogP contribution in [0.3, 0.4) is 0 Å². The van der Waals surface area contributed by atoms with Crippen LogP contribution in [0.5, 0.6) is 0 Å². The third kappa shape index (κ3) is 4.85. The first-order valence-corrected chi connectivity index (χ1v) is 6.61. The molecular weight excluding hydrogens is 226 g/mol. The molecule has 92 valence electrons. The van der Waals surface area contributed by atoms with E-state index in [1.807, 2.05) is 17.1 Å². The number of amides is 3. The molecule has 1 aliphatic carbocycles. The molecule has 0 aliphatic heterocycles. The summed E-state index contributed by atoms with van der Waals surface area (Å²) in [6, 6.07) is -0.402. The Morgan fingerprint density at radius 1 is 1.44 bits per heavy atom. The van der Waals surface area contributed by atoms with E-state index in [0.29, 0.717) is 11.3 Å². The van der Waals surface area contributed by atoms with Gasteiger partial charge >= 0.3 is 6.03 Å². The lowest BCUT2D eigenvalue weighted by atomic mass is 10.2. The van der Waals surface area contributed by atoms with Gasteiger partial charge in [0.2, 0.25) is 5.91 Å². The first-order valence-electron chi connectivity index (χ1n) is 5.56. The fourth-order valence-electron chi connectivity index (χ4n) is 1.93. The second-order valence-corrected chi connectivity index (χ2v) is 5.46. The SMILES string of the molecule is CCSC1CCC(NCC(=O)NC(N)=O)C1. The van der Waals surface area contributed by atoms with Crippen LogP contribution in [0.15, 0.2) is 0 Å². The van der Waals surface area contributed by atoms with Gasteiger partial charge in [0.05, 0.1) is 6.54 Å². The summed E-state index contributed by atoms with van der Waals surface area (Å²) < 4.78 is 0. The Morgan fingerprint density at radius 2 is 2.19 bits per heavy atom. The fourth-order valence-corrected chi connectivity index (χ4v) is 3.07. The molecule has 0 saturated heterocycles. The topological polar surface area (TPSA) is 84.2 Å². The number of carbonyl (C=O) groups excluding carboxylic acids is 2. The highest BCUT2D eigenvalue weighted by molar-refractivity contribution is 7.99. The normalized spacial score (nSPS) is 24.3. The van der Waals surface area contributed by atoms with Crippen LogP contribution in [-0.4, -0.2) is 35.5 Å². The first-order chi connectivity index (χ1) is 7.61. The molecule has 0 aromatic rings. The van der Waals surface area contributed by atoms with Gasteiger partial charge in [-0.25, -0.2) is 4.79 Å². The van der Waals surface area contributed by atoms with Crippen molar-refractivity contribution in [2.45, 2.75) is 37.5 Å². The van der Waals surface area contributed by atoms with E-state index in [1.54, 1.807) is 0 Å². The third-order valence-corrected chi connectivity index (χ3v) is 3.83. The second-order valence-electron chi connectivity index (χ2n) is 3.88. The van der Waals surface area contributed by atoms with Crippen molar-refractivity contribution in [3.8, 4) is 0 Å². The van der Waals surface area contributed by atoms with Gasteiger partial charge in [-0.05, 0) is 25.0 Å². The Hall–Kier alpha value is -0.750. The van der Waals surface area contributed by atoms with E-state index in [-0.39, 0.29) is 12.5 Å². The molecule has 0 aromatic carbocycles. The lowest BCUT2D eigenvalue weighted by Gasteiger charge is -2.12. The van der Waals surface area contributed by atoms with Crippen LogP contribution in [-0.2, 0) is 4.79 Å². The van der Waals surface area contributed by atoms with E-state index >= 15 is 0 Å². The van der Waals surface area contributed by atoms with Gasteiger partial charge in [0.25, 0.3) is 0 Å². The van der Waals surface area contributed by atoms with Crippen molar-refractivity contribution in [2.75, 3.05) is 12.3 Å². The summed E-state index contributed by atoms with van der Waals surface area (Å²) in [6.45, 7) is 2.32. The number of urea groups is 1. The molecule has 2 unspecified atom stereocenters. The van der Waals surface area contributed by atoms with Crippen molar-refractivity contribution >= 4 is 23.7 Å². The van der Waals surface area contributed by atoms with Crippen molar-refractivity contribution in [1.29, 1.82) is 0 Å². The summed E-state index contributed by atoms with van der Waals surface area (Å²) >= 11 is 1.97. The molecule has 16 heavy (non-hydrogen) atoms. The Kier molecular flexibility index (Phi) is 5.62. The van der Waals surface area contributed by atoms with Crippen molar-refractivity contribution in [3.63, 3.8) is 0 Å². The molecule has 1 saturated carbocycles. The molecule has 0 aromatic heterocycles. The maximum absolute atomic E-state index is 11.1. The van der Waals surface area contributed by atoms with E-state index in [2.05, 4.69) is 12.2 Å². The summed E-state index contributed by atoms with van der Waals surface area (Å²) in [7, 11) is 0. The zero-order chi connectivity index (χ0) is 12.0. The van der Waals surface area contributed by atoms with Crippen LogP contribution in [0.4, 0.5) is 4.79 Å². The maximum atomic E-state index is 11.1. The lowest BCUT2D eigenvalue weighted by Crippen LogP contribution is -2.42. The molecule has 4 N–H and O–H groups in total. The minimum absolute atomic E-state index is 0.164. The summed E-state index contributed by atoms with van der Waals surface area (Å²) in [5.41, 5.74) is 4.84. The zero-order valence-corrected chi connectivity index (χ0v) is 10.3. The predicted molar refractivity (Wildman–Crippen MR) is 65.3 cm³/mol. The molecule has 2 atom stereocenters. The van der Waals surface area contributed by atoms with Gasteiger partial charge in [0.1, 0.15) is 0 Å². The van der Waals surface area contributed by atoms with Crippen molar-refractivity contribution in [2.24, 2.45) is 5.73 Å². The maximum Gasteiger partial charge on any atom is 0.318 e. The third-order valence-electron chi connectivity index (χ3n) is 2.60. The van der Waals surface area contributed by atoms with E-state index < -0.39 is 6.03 Å². The number of hydrogen-bond donors (Lipinski definition) is 3. The van der Waals surface area contributed by atoms with Gasteiger partial charge in [0, 0.05) is 11.3 Å². The second kappa shape index (κ2) is 6.75. The van der Waals surface area contributed by atoms with Crippen LogP contribution in [0.1, 0.15) is 26.2 Å². The number of rotatable bonds is 5. The number of thioether (sulfide) groups is 1.